The number of anilines is 2. The van der Waals surface area contributed by atoms with E-state index in [1.54, 1.807) is 7.05 Å². The molecule has 1 aromatic heterocycles. The van der Waals surface area contributed by atoms with Crippen molar-refractivity contribution in [3.63, 3.8) is 0 Å². The Kier molecular flexibility index (Phi) is 7.35. The van der Waals surface area contributed by atoms with Crippen molar-refractivity contribution < 1.29 is 17.9 Å². The molecule has 5 rings (SSSR count). The molecule has 0 bridgehead atoms. The average Bonchev–Trinajstić information content (AvgIpc) is 3.49. The van der Waals surface area contributed by atoms with Gasteiger partial charge in [0, 0.05) is 55.5 Å². The van der Waals surface area contributed by atoms with Gasteiger partial charge in [0.25, 0.3) is 0 Å². The summed E-state index contributed by atoms with van der Waals surface area (Å²) < 4.78 is 35.5. The zero-order valence-electron chi connectivity index (χ0n) is 19.1. The van der Waals surface area contributed by atoms with Gasteiger partial charge in [-0.1, -0.05) is 6.07 Å². The van der Waals surface area contributed by atoms with Crippen LogP contribution in [0.25, 0.3) is 0 Å². The molecule has 1 fully saturated rings. The first-order valence-corrected chi connectivity index (χ1v) is 12.6. The van der Waals surface area contributed by atoms with Crippen LogP contribution in [-0.2, 0) is 47.7 Å². The Hall–Kier alpha value is -1.66. The van der Waals surface area contributed by atoms with Crippen LogP contribution in [0.15, 0.2) is 12.3 Å². The van der Waals surface area contributed by atoms with Crippen molar-refractivity contribution >= 4 is 57.3 Å². The van der Waals surface area contributed by atoms with E-state index in [0.29, 0.717) is 26.1 Å². The summed E-state index contributed by atoms with van der Waals surface area (Å²) in [6, 6.07) is 1.15. The van der Waals surface area contributed by atoms with Gasteiger partial charge in [0.05, 0.1) is 12.2 Å². The third kappa shape index (κ3) is 4.93. The largest absolute Gasteiger partial charge is 0.381 e. The third-order valence-electron chi connectivity index (χ3n) is 6.53. The van der Waals surface area contributed by atoms with E-state index in [0.717, 1.165) is 55.3 Å². The number of benzene rings is 1. The predicted molar refractivity (Wildman–Crippen MR) is 125 cm³/mol. The molecule has 10 nitrogen and oxygen atoms in total. The number of hydrogen-bond donors (Lipinski definition) is 2. The smallest absolute Gasteiger partial charge is 0.334 e. The first-order chi connectivity index (χ1) is 15.4. The summed E-state index contributed by atoms with van der Waals surface area (Å²) in [5, 5.41) is 11.1. The Morgan fingerprint density at radius 2 is 1.76 bits per heavy atom. The molecule has 0 spiro atoms. The molecule has 2 aliphatic carbocycles. The number of nitrogens with zero attached hydrogens (tertiary/aromatic N) is 4. The van der Waals surface area contributed by atoms with Crippen LogP contribution in [0.4, 0.5) is 16.3 Å². The van der Waals surface area contributed by atoms with E-state index in [1.165, 1.54) is 26.4 Å². The maximum atomic E-state index is 13.3. The van der Waals surface area contributed by atoms with Crippen LogP contribution in [-0.4, -0.2) is 78.3 Å². The molecule has 12 heteroatoms. The maximum Gasteiger partial charge on any atom is 0.334 e. The number of hydrogen-bond acceptors (Lipinski definition) is 6. The summed E-state index contributed by atoms with van der Waals surface area (Å²) in [5.41, 5.74) is 5.64. The number of aromatic nitrogens is 3. The Morgan fingerprint density at radius 1 is 1.12 bits per heavy atom. The monoisotopic (exact) mass is 483 g/mol. The van der Waals surface area contributed by atoms with E-state index in [2.05, 4.69) is 26.3 Å². The van der Waals surface area contributed by atoms with Gasteiger partial charge in [-0.05, 0) is 73.6 Å². The van der Waals surface area contributed by atoms with Gasteiger partial charge >= 0.3 is 16.2 Å². The van der Waals surface area contributed by atoms with Crippen LogP contribution in [0.2, 0.25) is 0 Å². The van der Waals surface area contributed by atoms with Crippen molar-refractivity contribution in [3.8, 4) is 0 Å². The van der Waals surface area contributed by atoms with Gasteiger partial charge in [0.2, 0.25) is 0 Å². The van der Waals surface area contributed by atoms with Gasteiger partial charge < -0.3 is 10.1 Å². The summed E-state index contributed by atoms with van der Waals surface area (Å²) >= 11 is 0. The topological polar surface area (TPSA) is 118 Å². The fourth-order valence-electron chi connectivity index (χ4n) is 5.13. The number of rotatable bonds is 5. The van der Waals surface area contributed by atoms with Crippen LogP contribution >= 0.6 is 0 Å². The second kappa shape index (κ2) is 9.91. The Morgan fingerprint density at radius 3 is 2.33 bits per heavy atom. The minimum Gasteiger partial charge on any atom is -0.381 e. The molecule has 1 aromatic carbocycles. The van der Waals surface area contributed by atoms with Crippen molar-refractivity contribution in [1.29, 1.82) is 0 Å². The maximum absolute atomic E-state index is 13.3. The molecule has 0 unspecified atom stereocenters. The van der Waals surface area contributed by atoms with Crippen molar-refractivity contribution in [2.75, 3.05) is 22.8 Å². The molecule has 1 aliphatic heterocycles. The second-order valence-electron chi connectivity index (χ2n) is 8.63. The Bertz CT molecular complexity index is 1110. The van der Waals surface area contributed by atoms with Crippen molar-refractivity contribution in [1.82, 2.24) is 19.7 Å². The number of amides is 2. The summed E-state index contributed by atoms with van der Waals surface area (Å²) in [6.07, 6.45) is 8.33. The zero-order chi connectivity index (χ0) is 22.3. The van der Waals surface area contributed by atoms with Gasteiger partial charge in [-0.15, -0.1) is 5.10 Å². The molecular weight excluding hydrogens is 455 g/mol. The minimum absolute atomic E-state index is 0. The molecule has 2 aromatic rings. The van der Waals surface area contributed by atoms with E-state index in [4.69, 9.17) is 4.74 Å². The number of aryl methyl sites for hydroxylation is 3. The summed E-state index contributed by atoms with van der Waals surface area (Å²) in [7, 11) is -2.59. The average molecular weight is 484 g/mol. The minimum atomic E-state index is -4.21. The van der Waals surface area contributed by atoms with Crippen molar-refractivity contribution in [3.05, 3.63) is 34.5 Å². The molecule has 1 radical (unpaired) electrons. The zero-order valence-corrected chi connectivity index (χ0v) is 21.9. The molecule has 173 valence electrons. The summed E-state index contributed by atoms with van der Waals surface area (Å²) in [4.78, 5) is 14.3. The number of carbonyl (C=O) groups is 1. The van der Waals surface area contributed by atoms with Crippen LogP contribution in [0.3, 0.4) is 0 Å². The SMILES string of the molecule is Cn1ncc(N(C2CCOCC2)S(=O)(=O)NC(=O)Nc2c3c(cc4c2CCC4)CCC3)n1.[Na]. The number of urea groups is 1. The molecule has 3 aliphatic rings. The van der Waals surface area contributed by atoms with E-state index in [1.807, 2.05) is 0 Å². The molecule has 2 amide bonds. The van der Waals surface area contributed by atoms with Gasteiger partial charge in [0.15, 0.2) is 5.82 Å². The molecule has 2 heterocycles. The Labute approximate surface area is 215 Å². The van der Waals surface area contributed by atoms with Crippen LogP contribution in [0.5, 0.6) is 0 Å². The van der Waals surface area contributed by atoms with Gasteiger partial charge in [-0.25, -0.2) is 13.8 Å². The van der Waals surface area contributed by atoms with Gasteiger partial charge in [0.1, 0.15) is 0 Å². The van der Waals surface area contributed by atoms with E-state index in [-0.39, 0.29) is 41.4 Å². The molecule has 2 N–H and O–H groups in total. The van der Waals surface area contributed by atoms with E-state index < -0.39 is 16.2 Å². The van der Waals surface area contributed by atoms with Crippen LogP contribution in [0.1, 0.15) is 47.9 Å². The molecule has 33 heavy (non-hydrogen) atoms. The van der Waals surface area contributed by atoms with Crippen molar-refractivity contribution in [2.24, 2.45) is 7.05 Å². The fourth-order valence-corrected chi connectivity index (χ4v) is 6.45. The molecule has 0 atom stereocenters. The van der Waals surface area contributed by atoms with E-state index >= 15 is 0 Å². The fraction of sp³-hybridized carbons (Fsp3) is 0.571. The number of ether oxygens (including phenoxy) is 1. The summed E-state index contributed by atoms with van der Waals surface area (Å²) in [5.74, 6) is 0.182. The first-order valence-electron chi connectivity index (χ1n) is 11.2. The van der Waals surface area contributed by atoms with Gasteiger partial charge in [-0.3, -0.25) is 0 Å². The van der Waals surface area contributed by atoms with Gasteiger partial charge in [-0.2, -0.15) is 18.3 Å². The quantitative estimate of drug-likeness (QED) is 0.622. The molecule has 1 saturated heterocycles. The summed E-state index contributed by atoms with van der Waals surface area (Å²) in [6.45, 7) is 0.900. The first kappa shape index (κ1) is 24.5. The molecule has 0 saturated carbocycles. The number of nitrogens with one attached hydrogen (secondary N) is 2. The van der Waals surface area contributed by atoms with E-state index in [9.17, 15) is 13.2 Å². The third-order valence-corrected chi connectivity index (χ3v) is 7.97. The number of carbonyl (C=O) groups excluding carboxylic acids is 1. The predicted octanol–water partition coefficient (Wildman–Crippen LogP) is 1.46. The van der Waals surface area contributed by atoms with Crippen molar-refractivity contribution in [2.45, 2.75) is 57.4 Å². The standard InChI is InChI=1S/C21H28N6O4S.Na/c1-26-22-13-19(24-26)27(16-8-10-31-11-9-16)32(29,30)25-21(28)23-20-17-6-2-4-14(17)12-15-5-3-7-18(15)20;/h12-13,16H,2-11H2,1H3,(H2,23,25,28);. The number of fused-ring (bicyclic) bond motifs is 2. The second-order valence-corrected chi connectivity index (χ2v) is 10.2. The normalized spacial score (nSPS) is 17.7. The van der Waals surface area contributed by atoms with Crippen LogP contribution in [0, 0.1) is 0 Å². The molecular formula is C21H28N6NaO4S. The van der Waals surface area contributed by atoms with Crippen LogP contribution < -0.4 is 14.3 Å². The Balaban J connectivity index is 0.00000259.